The first-order chi connectivity index (χ1) is 9.24. The molecular formula is C18H31I. The smallest absolute Gasteiger partial charge is 0.00913 e. The van der Waals surface area contributed by atoms with Crippen molar-refractivity contribution in [2.45, 2.75) is 78.1 Å². The average Bonchev–Trinajstić information content (AvgIpc) is 2.40. The molecule has 0 unspecified atom stereocenters. The van der Waals surface area contributed by atoms with E-state index in [2.05, 4.69) is 55.2 Å². The Labute approximate surface area is 134 Å². The first-order valence-electron chi connectivity index (χ1n) is 7.92. The van der Waals surface area contributed by atoms with Crippen molar-refractivity contribution in [3.8, 4) is 0 Å². The van der Waals surface area contributed by atoms with Gasteiger partial charge in [-0.15, -0.1) is 0 Å². The van der Waals surface area contributed by atoms with Gasteiger partial charge in [-0.2, -0.15) is 0 Å². The topological polar surface area (TPSA) is 0 Å². The summed E-state index contributed by atoms with van der Waals surface area (Å²) >= 11 is 2.50. The molecule has 0 amide bonds. The van der Waals surface area contributed by atoms with E-state index in [0.717, 1.165) is 0 Å². The Morgan fingerprint density at radius 2 is 1.47 bits per heavy atom. The van der Waals surface area contributed by atoms with E-state index in [1.54, 1.807) is 0 Å². The SMILES string of the molecule is C=C/C=C(/C=C(\I)CCCCCC)CCCCCC. The summed E-state index contributed by atoms with van der Waals surface area (Å²) in [7, 11) is 0. The molecule has 0 radical (unpaired) electrons. The fourth-order valence-electron chi connectivity index (χ4n) is 2.10. The number of hydrogen-bond acceptors (Lipinski definition) is 0. The van der Waals surface area contributed by atoms with Crippen LogP contribution in [0.3, 0.4) is 0 Å². The summed E-state index contributed by atoms with van der Waals surface area (Å²) in [4.78, 5) is 0. The molecule has 1 heteroatoms. The lowest BCUT2D eigenvalue weighted by molar-refractivity contribution is 0.665. The Morgan fingerprint density at radius 1 is 0.895 bits per heavy atom. The molecule has 0 fully saturated rings. The number of halogens is 1. The highest BCUT2D eigenvalue weighted by molar-refractivity contribution is 14.1. The average molecular weight is 374 g/mol. The number of hydrogen-bond donors (Lipinski definition) is 0. The molecule has 0 aromatic carbocycles. The second-order valence-corrected chi connectivity index (χ2v) is 6.58. The highest BCUT2D eigenvalue weighted by atomic mass is 127. The summed E-state index contributed by atoms with van der Waals surface area (Å²) in [5, 5.41) is 0. The predicted octanol–water partition coefficient (Wildman–Crippen LogP) is 7.36. The molecule has 0 rings (SSSR count). The molecule has 19 heavy (non-hydrogen) atoms. The molecule has 0 bridgehead atoms. The van der Waals surface area contributed by atoms with E-state index < -0.39 is 0 Å². The molecule has 0 saturated carbocycles. The van der Waals surface area contributed by atoms with Crippen molar-refractivity contribution in [3.63, 3.8) is 0 Å². The van der Waals surface area contributed by atoms with Gasteiger partial charge in [-0.1, -0.05) is 71.1 Å². The summed E-state index contributed by atoms with van der Waals surface area (Å²) in [5.74, 6) is 0. The Morgan fingerprint density at radius 3 is 2.00 bits per heavy atom. The van der Waals surface area contributed by atoms with E-state index in [1.807, 2.05) is 6.08 Å². The minimum atomic E-state index is 1.20. The lowest BCUT2D eigenvalue weighted by Crippen LogP contribution is -1.84. The van der Waals surface area contributed by atoms with Crippen molar-refractivity contribution >= 4 is 22.6 Å². The van der Waals surface area contributed by atoms with Crippen LogP contribution < -0.4 is 0 Å². The van der Waals surface area contributed by atoms with Crippen LogP contribution in [0.2, 0.25) is 0 Å². The van der Waals surface area contributed by atoms with Crippen molar-refractivity contribution in [3.05, 3.63) is 34.0 Å². The van der Waals surface area contributed by atoms with E-state index in [-0.39, 0.29) is 0 Å². The van der Waals surface area contributed by atoms with Crippen LogP contribution in [0.15, 0.2) is 34.0 Å². The fourth-order valence-corrected chi connectivity index (χ4v) is 2.89. The van der Waals surface area contributed by atoms with Crippen molar-refractivity contribution in [1.29, 1.82) is 0 Å². The van der Waals surface area contributed by atoms with Crippen LogP contribution in [0.1, 0.15) is 78.1 Å². The van der Waals surface area contributed by atoms with Gasteiger partial charge in [0.1, 0.15) is 0 Å². The van der Waals surface area contributed by atoms with Crippen molar-refractivity contribution in [2.24, 2.45) is 0 Å². The van der Waals surface area contributed by atoms with Crippen LogP contribution in [0, 0.1) is 0 Å². The molecule has 0 heterocycles. The molecule has 0 saturated heterocycles. The summed E-state index contributed by atoms with van der Waals surface area (Å²) in [6.07, 6.45) is 19.6. The molecule has 0 aromatic heterocycles. The van der Waals surface area contributed by atoms with Crippen LogP contribution in [0.4, 0.5) is 0 Å². The van der Waals surface area contributed by atoms with Crippen LogP contribution in [0.5, 0.6) is 0 Å². The van der Waals surface area contributed by atoms with Crippen LogP contribution >= 0.6 is 22.6 Å². The van der Waals surface area contributed by atoms with Crippen molar-refractivity contribution < 1.29 is 0 Å². The molecule has 0 atom stereocenters. The molecule has 0 nitrogen and oxygen atoms in total. The Balaban J connectivity index is 4.08. The number of allylic oxidation sites excluding steroid dienone is 5. The van der Waals surface area contributed by atoms with Crippen molar-refractivity contribution in [2.75, 3.05) is 0 Å². The summed E-state index contributed by atoms with van der Waals surface area (Å²) < 4.78 is 1.50. The van der Waals surface area contributed by atoms with E-state index in [0.29, 0.717) is 0 Å². The van der Waals surface area contributed by atoms with E-state index >= 15 is 0 Å². The van der Waals surface area contributed by atoms with Crippen molar-refractivity contribution in [1.82, 2.24) is 0 Å². The van der Waals surface area contributed by atoms with Gasteiger partial charge in [-0.25, -0.2) is 0 Å². The normalized spacial score (nSPS) is 12.8. The molecule has 0 spiro atoms. The maximum absolute atomic E-state index is 3.83. The largest absolute Gasteiger partial charge is 0.0991 e. The van der Waals surface area contributed by atoms with Gasteiger partial charge in [0.05, 0.1) is 0 Å². The van der Waals surface area contributed by atoms with E-state index in [1.165, 1.54) is 73.4 Å². The zero-order valence-corrected chi connectivity index (χ0v) is 15.0. The van der Waals surface area contributed by atoms with Gasteiger partial charge >= 0.3 is 0 Å². The Bertz CT molecular complexity index is 273. The van der Waals surface area contributed by atoms with Crippen LogP contribution in [-0.4, -0.2) is 0 Å². The third-order valence-electron chi connectivity index (χ3n) is 3.26. The van der Waals surface area contributed by atoms with Gasteiger partial charge < -0.3 is 0 Å². The quantitative estimate of drug-likeness (QED) is 0.190. The Kier molecular flexibility index (Phi) is 14.3. The summed E-state index contributed by atoms with van der Waals surface area (Å²) in [5.41, 5.74) is 1.45. The van der Waals surface area contributed by atoms with Gasteiger partial charge in [0, 0.05) is 0 Å². The fraction of sp³-hybridized carbons (Fsp3) is 0.667. The first-order valence-corrected chi connectivity index (χ1v) is 9.00. The molecule has 0 aliphatic rings. The monoisotopic (exact) mass is 374 g/mol. The first kappa shape index (κ1) is 18.9. The third-order valence-corrected chi connectivity index (χ3v) is 4.11. The highest BCUT2D eigenvalue weighted by Crippen LogP contribution is 2.21. The van der Waals surface area contributed by atoms with Gasteiger partial charge in [0.2, 0.25) is 0 Å². The zero-order chi connectivity index (χ0) is 14.3. The van der Waals surface area contributed by atoms with Gasteiger partial charge in [-0.05, 0) is 63.5 Å². The van der Waals surface area contributed by atoms with E-state index in [9.17, 15) is 0 Å². The van der Waals surface area contributed by atoms with Gasteiger partial charge in [0.15, 0.2) is 0 Å². The molecule has 0 aromatic rings. The van der Waals surface area contributed by atoms with Gasteiger partial charge in [-0.3, -0.25) is 0 Å². The van der Waals surface area contributed by atoms with E-state index in [4.69, 9.17) is 0 Å². The van der Waals surface area contributed by atoms with Crippen LogP contribution in [-0.2, 0) is 0 Å². The maximum Gasteiger partial charge on any atom is -0.00913 e. The summed E-state index contributed by atoms with van der Waals surface area (Å²) in [6.45, 7) is 8.36. The number of rotatable bonds is 12. The Hall–Kier alpha value is -0.0500. The standard InChI is InChI=1S/C18H31I/c1-4-7-9-11-14-17(13-6-3)16-18(19)15-12-10-8-5-2/h6,13,16H,3-5,7-12,14-15H2,1-2H3/b17-13+,18-16-. The lowest BCUT2D eigenvalue weighted by atomic mass is 10.0. The molecule has 110 valence electrons. The van der Waals surface area contributed by atoms with Gasteiger partial charge in [0.25, 0.3) is 0 Å². The number of unbranched alkanes of at least 4 members (excludes halogenated alkanes) is 6. The minimum absolute atomic E-state index is 1.20. The molecule has 0 aliphatic heterocycles. The molecule has 0 N–H and O–H groups in total. The third kappa shape index (κ3) is 12.7. The summed E-state index contributed by atoms with van der Waals surface area (Å²) in [6, 6.07) is 0. The second kappa shape index (κ2) is 14.4. The van der Waals surface area contributed by atoms with Crippen LogP contribution in [0.25, 0.3) is 0 Å². The second-order valence-electron chi connectivity index (χ2n) is 5.19. The lowest BCUT2D eigenvalue weighted by Gasteiger charge is -2.04. The maximum atomic E-state index is 3.83. The molecule has 0 aliphatic carbocycles. The molecular weight excluding hydrogens is 343 g/mol. The highest BCUT2D eigenvalue weighted by Gasteiger charge is 1.98. The minimum Gasteiger partial charge on any atom is -0.0991 e. The predicted molar refractivity (Wildman–Crippen MR) is 97.9 cm³/mol. The zero-order valence-electron chi connectivity index (χ0n) is 12.9.